The fourth-order valence-electron chi connectivity index (χ4n) is 2.05. The smallest absolute Gasteiger partial charge is 0.242 e. The first-order valence-corrected chi connectivity index (χ1v) is 7.93. The number of benzene rings is 1. The van der Waals surface area contributed by atoms with Crippen molar-refractivity contribution in [2.45, 2.75) is 30.2 Å². The van der Waals surface area contributed by atoms with Gasteiger partial charge in [-0.1, -0.05) is 30.2 Å². The van der Waals surface area contributed by atoms with Gasteiger partial charge < -0.3 is 5.32 Å². The van der Waals surface area contributed by atoms with Crippen LogP contribution in [0.4, 0.5) is 0 Å². The first kappa shape index (κ1) is 13.8. The van der Waals surface area contributed by atoms with E-state index in [2.05, 4.69) is 10.0 Å². The molecule has 4 nitrogen and oxygen atoms in total. The van der Waals surface area contributed by atoms with Crippen LogP contribution < -0.4 is 10.0 Å². The lowest BCUT2D eigenvalue weighted by Gasteiger charge is -2.23. The maximum absolute atomic E-state index is 12.1. The highest BCUT2D eigenvalue weighted by atomic mass is 35.5. The minimum Gasteiger partial charge on any atom is -0.313 e. The number of halogens is 1. The van der Waals surface area contributed by atoms with Gasteiger partial charge in [0, 0.05) is 12.6 Å². The van der Waals surface area contributed by atoms with Gasteiger partial charge in [-0.3, -0.25) is 0 Å². The molecule has 18 heavy (non-hydrogen) atoms. The normalized spacial score (nSPS) is 20.8. The minimum atomic E-state index is -3.51. The Labute approximate surface area is 113 Å². The largest absolute Gasteiger partial charge is 0.313 e. The average molecular weight is 289 g/mol. The van der Waals surface area contributed by atoms with Crippen molar-refractivity contribution in [1.29, 1.82) is 0 Å². The van der Waals surface area contributed by atoms with Crippen molar-refractivity contribution in [3.63, 3.8) is 0 Å². The van der Waals surface area contributed by atoms with E-state index in [1.54, 1.807) is 18.2 Å². The van der Waals surface area contributed by atoms with Crippen LogP contribution in [0.25, 0.3) is 0 Å². The van der Waals surface area contributed by atoms with E-state index in [9.17, 15) is 8.42 Å². The summed E-state index contributed by atoms with van der Waals surface area (Å²) < 4.78 is 26.8. The van der Waals surface area contributed by atoms with Gasteiger partial charge in [0.2, 0.25) is 10.0 Å². The Bertz CT molecular complexity index is 499. The standard InChI is InChI=1S/C12H17ClN2O2S/c13-11-6-1-2-7-12(11)18(16,17)15-9-10-5-3-4-8-14-10/h1-2,6-7,10,14-15H,3-5,8-9H2/t10-/m1/s1. The second-order valence-electron chi connectivity index (χ2n) is 4.43. The molecule has 0 bridgehead atoms. The second-order valence-corrected chi connectivity index (χ2v) is 6.57. The Hall–Kier alpha value is -0.620. The summed E-state index contributed by atoms with van der Waals surface area (Å²) in [7, 11) is -3.51. The molecule has 2 rings (SSSR count). The van der Waals surface area contributed by atoms with Crippen LogP contribution in [-0.4, -0.2) is 27.5 Å². The molecule has 1 aliphatic heterocycles. The molecule has 0 aliphatic carbocycles. The third kappa shape index (κ3) is 3.45. The Balaban J connectivity index is 2.01. The monoisotopic (exact) mass is 288 g/mol. The molecule has 1 aromatic rings. The van der Waals surface area contributed by atoms with Gasteiger partial charge in [0.05, 0.1) is 5.02 Å². The third-order valence-corrected chi connectivity index (χ3v) is 4.98. The first-order valence-electron chi connectivity index (χ1n) is 6.07. The summed E-state index contributed by atoms with van der Waals surface area (Å²) in [4.78, 5) is 0.141. The molecule has 1 fully saturated rings. The Morgan fingerprint density at radius 1 is 1.33 bits per heavy atom. The molecular formula is C12H17ClN2O2S. The molecular weight excluding hydrogens is 272 g/mol. The molecule has 0 amide bonds. The first-order chi connectivity index (χ1) is 8.59. The fourth-order valence-corrected chi connectivity index (χ4v) is 3.65. The minimum absolute atomic E-state index is 0.141. The van der Waals surface area contributed by atoms with Gasteiger partial charge in [0.1, 0.15) is 4.90 Å². The van der Waals surface area contributed by atoms with Crippen molar-refractivity contribution < 1.29 is 8.42 Å². The summed E-state index contributed by atoms with van der Waals surface area (Å²) in [6.07, 6.45) is 3.31. The highest BCUT2D eigenvalue weighted by molar-refractivity contribution is 7.89. The van der Waals surface area contributed by atoms with Gasteiger partial charge in [0.25, 0.3) is 0 Å². The van der Waals surface area contributed by atoms with Crippen LogP contribution in [-0.2, 0) is 10.0 Å². The van der Waals surface area contributed by atoms with Crippen LogP contribution in [0.5, 0.6) is 0 Å². The van der Waals surface area contributed by atoms with E-state index in [4.69, 9.17) is 11.6 Å². The molecule has 1 atom stereocenters. The van der Waals surface area contributed by atoms with Crippen LogP contribution in [0, 0.1) is 0 Å². The summed E-state index contributed by atoms with van der Waals surface area (Å²) in [5, 5.41) is 3.55. The summed E-state index contributed by atoms with van der Waals surface area (Å²) in [5.74, 6) is 0. The Morgan fingerprint density at radius 2 is 2.11 bits per heavy atom. The van der Waals surface area contributed by atoms with Gasteiger partial charge in [-0.05, 0) is 31.5 Å². The van der Waals surface area contributed by atoms with Crippen molar-refractivity contribution >= 4 is 21.6 Å². The Morgan fingerprint density at radius 3 is 2.78 bits per heavy atom. The van der Waals surface area contributed by atoms with E-state index in [0.29, 0.717) is 6.54 Å². The molecule has 1 heterocycles. The van der Waals surface area contributed by atoms with Gasteiger partial charge in [-0.15, -0.1) is 0 Å². The fraction of sp³-hybridized carbons (Fsp3) is 0.500. The molecule has 1 aromatic carbocycles. The van der Waals surface area contributed by atoms with Crippen molar-refractivity contribution in [3.05, 3.63) is 29.3 Å². The zero-order valence-corrected chi connectivity index (χ0v) is 11.6. The van der Waals surface area contributed by atoms with Crippen LogP contribution >= 0.6 is 11.6 Å². The van der Waals surface area contributed by atoms with E-state index < -0.39 is 10.0 Å². The lowest BCUT2D eigenvalue weighted by Crippen LogP contribution is -2.43. The molecule has 0 saturated carbocycles. The van der Waals surface area contributed by atoms with Crippen molar-refractivity contribution in [1.82, 2.24) is 10.0 Å². The molecule has 0 aromatic heterocycles. The van der Waals surface area contributed by atoms with E-state index in [1.165, 1.54) is 6.07 Å². The molecule has 0 spiro atoms. The molecule has 2 N–H and O–H groups in total. The second kappa shape index (κ2) is 6.02. The maximum atomic E-state index is 12.1. The van der Waals surface area contributed by atoms with Gasteiger partial charge in [-0.25, -0.2) is 13.1 Å². The lowest BCUT2D eigenvalue weighted by atomic mass is 10.1. The summed E-state index contributed by atoms with van der Waals surface area (Å²) in [6.45, 7) is 1.37. The van der Waals surface area contributed by atoms with Gasteiger partial charge in [0.15, 0.2) is 0 Å². The van der Waals surface area contributed by atoms with Gasteiger partial charge in [-0.2, -0.15) is 0 Å². The van der Waals surface area contributed by atoms with Crippen molar-refractivity contribution in [2.24, 2.45) is 0 Å². The SMILES string of the molecule is O=S(=O)(NC[C@H]1CCCCN1)c1ccccc1Cl. The van der Waals surface area contributed by atoms with Crippen LogP contribution in [0.1, 0.15) is 19.3 Å². The van der Waals surface area contributed by atoms with Crippen molar-refractivity contribution in [2.75, 3.05) is 13.1 Å². The van der Waals surface area contributed by atoms with E-state index in [0.717, 1.165) is 25.8 Å². The number of hydrogen-bond acceptors (Lipinski definition) is 3. The number of sulfonamides is 1. The quantitative estimate of drug-likeness (QED) is 0.888. The van der Waals surface area contributed by atoms with E-state index in [-0.39, 0.29) is 16.0 Å². The topological polar surface area (TPSA) is 58.2 Å². The zero-order valence-electron chi connectivity index (χ0n) is 10.0. The highest BCUT2D eigenvalue weighted by Crippen LogP contribution is 2.20. The highest BCUT2D eigenvalue weighted by Gasteiger charge is 2.20. The van der Waals surface area contributed by atoms with Crippen LogP contribution in [0.3, 0.4) is 0 Å². The van der Waals surface area contributed by atoms with Crippen molar-refractivity contribution in [3.8, 4) is 0 Å². The average Bonchev–Trinajstić information content (AvgIpc) is 2.38. The molecule has 1 aliphatic rings. The van der Waals surface area contributed by atoms with E-state index in [1.807, 2.05) is 0 Å². The summed E-state index contributed by atoms with van der Waals surface area (Å²) >= 11 is 5.90. The molecule has 1 saturated heterocycles. The maximum Gasteiger partial charge on any atom is 0.242 e. The predicted molar refractivity (Wildman–Crippen MR) is 72.3 cm³/mol. The lowest BCUT2D eigenvalue weighted by molar-refractivity contribution is 0.398. The molecule has 0 radical (unpaired) electrons. The number of hydrogen-bond donors (Lipinski definition) is 2. The molecule has 100 valence electrons. The number of piperidine rings is 1. The van der Waals surface area contributed by atoms with Crippen LogP contribution in [0.15, 0.2) is 29.2 Å². The summed E-state index contributed by atoms with van der Waals surface area (Å²) in [6, 6.07) is 6.69. The molecule has 6 heteroatoms. The van der Waals surface area contributed by atoms with Gasteiger partial charge >= 0.3 is 0 Å². The van der Waals surface area contributed by atoms with E-state index >= 15 is 0 Å². The Kier molecular flexibility index (Phi) is 4.61. The molecule has 0 unspecified atom stereocenters. The zero-order chi connectivity index (χ0) is 13.0. The summed E-state index contributed by atoms with van der Waals surface area (Å²) in [5.41, 5.74) is 0. The number of rotatable bonds is 4. The predicted octanol–water partition coefficient (Wildman–Crippen LogP) is 1.76. The third-order valence-electron chi connectivity index (χ3n) is 3.06. The van der Waals surface area contributed by atoms with Crippen LogP contribution in [0.2, 0.25) is 5.02 Å². The number of nitrogens with one attached hydrogen (secondary N) is 2.